The van der Waals surface area contributed by atoms with E-state index >= 15 is 0 Å². The van der Waals surface area contributed by atoms with Crippen LogP contribution >= 0.6 is 12.8 Å². The van der Waals surface area contributed by atoms with Crippen LogP contribution in [0.4, 0.5) is 0 Å². The normalized spacial score (nSPS) is 6.14. The SMILES string of the molecule is O=NS.OCCO. The van der Waals surface area contributed by atoms with E-state index in [1.54, 1.807) is 0 Å². The summed E-state index contributed by atoms with van der Waals surface area (Å²) < 4.78 is 1.94. The molecule has 0 saturated carbocycles. The summed E-state index contributed by atoms with van der Waals surface area (Å²) in [5.41, 5.74) is 0. The van der Waals surface area contributed by atoms with Crippen LogP contribution in [0.5, 0.6) is 0 Å². The number of hydrogen-bond acceptors (Lipinski definition) is 4. The van der Waals surface area contributed by atoms with Gasteiger partial charge in [-0.15, -0.1) is 4.91 Å². The largest absolute Gasteiger partial charge is 0.394 e. The molecule has 5 heteroatoms. The first kappa shape index (κ1) is 9.98. The molecule has 0 atom stereocenters. The second kappa shape index (κ2) is 16.9. The molecule has 0 fully saturated rings. The van der Waals surface area contributed by atoms with Crippen LogP contribution in [0.3, 0.4) is 0 Å². The molecule has 0 radical (unpaired) electrons. The third-order valence-corrected chi connectivity index (χ3v) is 0.1000. The van der Waals surface area contributed by atoms with Crippen molar-refractivity contribution >= 4 is 12.8 Å². The van der Waals surface area contributed by atoms with Crippen molar-refractivity contribution in [3.05, 3.63) is 4.91 Å². The third-order valence-electron chi connectivity index (χ3n) is 0.1000. The lowest BCUT2D eigenvalue weighted by Gasteiger charge is -1.70. The van der Waals surface area contributed by atoms with E-state index in [-0.39, 0.29) is 13.2 Å². The number of aliphatic hydroxyl groups is 2. The van der Waals surface area contributed by atoms with Gasteiger partial charge < -0.3 is 10.2 Å². The predicted molar refractivity (Wildman–Crippen MR) is 29.0 cm³/mol. The molecule has 0 heterocycles. The summed E-state index contributed by atoms with van der Waals surface area (Å²) in [7, 11) is 0. The molecule has 0 aromatic heterocycles. The van der Waals surface area contributed by atoms with E-state index in [0.29, 0.717) is 0 Å². The van der Waals surface area contributed by atoms with Crippen LogP contribution in [0, 0.1) is 4.91 Å². The van der Waals surface area contributed by atoms with Gasteiger partial charge in [-0.05, 0) is 0 Å². The average Bonchev–Trinajstić information content (AvgIpc) is 1.69. The van der Waals surface area contributed by atoms with E-state index in [9.17, 15) is 0 Å². The molecular weight excluding hydrogens is 118 g/mol. The van der Waals surface area contributed by atoms with E-state index in [4.69, 9.17) is 15.1 Å². The number of hydrogen-bond donors (Lipinski definition) is 3. The second-order valence-electron chi connectivity index (χ2n) is 0.529. The summed E-state index contributed by atoms with van der Waals surface area (Å²) in [4.78, 5) is 8.42. The first-order chi connectivity index (χ1) is 3.33. The van der Waals surface area contributed by atoms with Crippen molar-refractivity contribution in [1.82, 2.24) is 0 Å². The van der Waals surface area contributed by atoms with Gasteiger partial charge in [0, 0.05) is 17.4 Å². The molecule has 0 rings (SSSR count). The molecule has 0 unspecified atom stereocenters. The molecule has 0 spiro atoms. The summed E-state index contributed by atoms with van der Waals surface area (Å²) in [6.07, 6.45) is 0. The topological polar surface area (TPSA) is 69.9 Å². The van der Waals surface area contributed by atoms with Gasteiger partial charge in [0.2, 0.25) is 0 Å². The van der Waals surface area contributed by atoms with Crippen LogP contribution in [0.2, 0.25) is 0 Å². The Morgan fingerprint density at radius 1 is 1.43 bits per heavy atom. The van der Waals surface area contributed by atoms with Gasteiger partial charge in [-0.1, -0.05) is 0 Å². The van der Waals surface area contributed by atoms with Crippen molar-refractivity contribution in [1.29, 1.82) is 0 Å². The minimum Gasteiger partial charge on any atom is -0.394 e. The fourth-order valence-electron chi connectivity index (χ4n) is 0. The first-order valence-corrected chi connectivity index (χ1v) is 1.92. The maximum absolute atomic E-state index is 8.42. The van der Waals surface area contributed by atoms with Crippen LogP contribution in [-0.4, -0.2) is 23.4 Å². The summed E-state index contributed by atoms with van der Waals surface area (Å²) in [5.74, 6) is 0. The fraction of sp³-hybridized carbons (Fsp3) is 1.00. The van der Waals surface area contributed by atoms with E-state index < -0.39 is 0 Å². The van der Waals surface area contributed by atoms with Crippen molar-refractivity contribution in [3.63, 3.8) is 0 Å². The Morgan fingerprint density at radius 3 is 1.57 bits per heavy atom. The van der Waals surface area contributed by atoms with E-state index in [0.717, 1.165) is 0 Å². The lowest BCUT2D eigenvalue weighted by molar-refractivity contribution is 0.186. The zero-order valence-corrected chi connectivity index (χ0v) is 4.51. The Balaban J connectivity index is 0. The van der Waals surface area contributed by atoms with Crippen molar-refractivity contribution in [2.75, 3.05) is 13.2 Å². The van der Waals surface area contributed by atoms with Crippen molar-refractivity contribution in [3.8, 4) is 0 Å². The Kier molecular flexibility index (Phi) is 24.1. The quantitative estimate of drug-likeness (QED) is 0.329. The molecule has 7 heavy (non-hydrogen) atoms. The van der Waals surface area contributed by atoms with Crippen molar-refractivity contribution < 1.29 is 10.2 Å². The van der Waals surface area contributed by atoms with Gasteiger partial charge in [-0.25, -0.2) is 0 Å². The van der Waals surface area contributed by atoms with Gasteiger partial charge in [-0.3, -0.25) is 0 Å². The molecule has 0 aromatic carbocycles. The molecule has 0 saturated heterocycles. The second-order valence-corrected chi connectivity index (χ2v) is 0.692. The molecule has 44 valence electrons. The molecule has 0 bridgehead atoms. The van der Waals surface area contributed by atoms with Crippen molar-refractivity contribution in [2.45, 2.75) is 0 Å². The number of aliphatic hydroxyl groups excluding tert-OH is 2. The standard InChI is InChI=1S/C2H6O2.HNOS/c3-1-2-4;2-1-3/h3-4H,1-2H2;(H,2,3). The smallest absolute Gasteiger partial charge is 0.0662 e. The summed E-state index contributed by atoms with van der Waals surface area (Å²) in [6.45, 7) is -0.250. The minimum atomic E-state index is -0.125. The van der Waals surface area contributed by atoms with Crippen LogP contribution in [0.25, 0.3) is 0 Å². The number of thiol groups is 1. The zero-order chi connectivity index (χ0) is 6.12. The van der Waals surface area contributed by atoms with Crippen LogP contribution < -0.4 is 0 Å². The van der Waals surface area contributed by atoms with Gasteiger partial charge >= 0.3 is 0 Å². The molecule has 0 aliphatic heterocycles. The van der Waals surface area contributed by atoms with Gasteiger partial charge in [0.05, 0.1) is 13.2 Å². The van der Waals surface area contributed by atoms with Gasteiger partial charge in [-0.2, -0.15) is 0 Å². The van der Waals surface area contributed by atoms with Gasteiger partial charge in [0.15, 0.2) is 0 Å². The summed E-state index contributed by atoms with van der Waals surface area (Å²) in [6, 6.07) is 0. The average molecular weight is 125 g/mol. The number of rotatable bonds is 1. The van der Waals surface area contributed by atoms with E-state index in [1.165, 1.54) is 0 Å². The van der Waals surface area contributed by atoms with E-state index in [2.05, 4.69) is 12.8 Å². The summed E-state index contributed by atoms with van der Waals surface area (Å²) in [5, 5.41) is 15.2. The highest BCUT2D eigenvalue weighted by Gasteiger charge is 1.58. The van der Waals surface area contributed by atoms with Crippen LogP contribution in [0.15, 0.2) is 4.58 Å². The highest BCUT2D eigenvalue weighted by atomic mass is 32.1. The molecule has 0 amide bonds. The molecule has 4 nitrogen and oxygen atoms in total. The lowest BCUT2D eigenvalue weighted by Crippen LogP contribution is -1.85. The minimum absolute atomic E-state index is 0.125. The first-order valence-electron chi connectivity index (χ1n) is 1.52. The van der Waals surface area contributed by atoms with Gasteiger partial charge in [0.1, 0.15) is 0 Å². The maximum atomic E-state index is 8.42. The molecule has 2 N–H and O–H groups in total. The van der Waals surface area contributed by atoms with Crippen molar-refractivity contribution in [2.24, 2.45) is 4.58 Å². The number of nitroso groups, excluding NO2 is 1. The van der Waals surface area contributed by atoms with Crippen LogP contribution in [-0.2, 0) is 0 Å². The third kappa shape index (κ3) is 116. The van der Waals surface area contributed by atoms with E-state index in [1.807, 2.05) is 4.58 Å². The molecule has 0 aromatic rings. The monoisotopic (exact) mass is 125 g/mol. The highest BCUT2D eigenvalue weighted by molar-refractivity contribution is 7.78. The number of nitrogens with zero attached hydrogens (tertiary/aromatic N) is 1. The Bertz CT molecular complexity index is 32.1. The lowest BCUT2D eigenvalue weighted by atomic mass is 10.8. The predicted octanol–water partition coefficient (Wildman–Crippen LogP) is -0.431. The Hall–Kier alpha value is -0.130. The maximum Gasteiger partial charge on any atom is 0.0662 e. The van der Waals surface area contributed by atoms with Crippen LogP contribution in [0.1, 0.15) is 0 Å². The fourth-order valence-corrected chi connectivity index (χ4v) is 0. The summed E-state index contributed by atoms with van der Waals surface area (Å²) >= 11 is 2.86. The van der Waals surface area contributed by atoms with Gasteiger partial charge in [0.25, 0.3) is 0 Å². The Morgan fingerprint density at radius 2 is 1.57 bits per heavy atom. The highest BCUT2D eigenvalue weighted by Crippen LogP contribution is 1.58. The molecule has 0 aliphatic rings. The Labute approximate surface area is 46.7 Å². The zero-order valence-electron chi connectivity index (χ0n) is 3.61. The molecular formula is C2H7NO3S. The molecule has 0 aliphatic carbocycles.